The maximum Gasteiger partial charge on any atom is 0.344 e. The van der Waals surface area contributed by atoms with Gasteiger partial charge in [0.15, 0.2) is 0 Å². The number of ether oxygens (including phenoxy) is 1. The van der Waals surface area contributed by atoms with E-state index in [4.69, 9.17) is 0 Å². The summed E-state index contributed by atoms with van der Waals surface area (Å²) in [7, 11) is -1.67. The Labute approximate surface area is 153 Å². The smallest absolute Gasteiger partial charge is 0.344 e. The Hall–Kier alpha value is -2.26. The zero-order valence-electron chi connectivity index (χ0n) is 13.7. The lowest BCUT2D eigenvalue weighted by molar-refractivity contribution is -0.138. The fourth-order valence-electron chi connectivity index (χ4n) is 2.01. The Morgan fingerprint density at radius 3 is 2.32 bits per heavy atom. The van der Waals surface area contributed by atoms with Gasteiger partial charge in [-0.3, -0.25) is 9.59 Å². The molecule has 0 atom stereocenters. The summed E-state index contributed by atoms with van der Waals surface area (Å²) in [5.74, 6) is -2.46. The van der Waals surface area contributed by atoms with Gasteiger partial charge in [-0.2, -0.15) is 4.36 Å². The lowest BCUT2D eigenvalue weighted by atomic mass is 9.97. The first-order valence-electron chi connectivity index (χ1n) is 6.95. The Morgan fingerprint density at radius 1 is 1.20 bits per heavy atom. The van der Waals surface area contributed by atoms with Gasteiger partial charge in [0.25, 0.3) is 0 Å². The zero-order chi connectivity index (χ0) is 18.8. The van der Waals surface area contributed by atoms with E-state index in [0.29, 0.717) is 5.69 Å². The molecule has 0 aromatic heterocycles. The summed E-state index contributed by atoms with van der Waals surface area (Å²) in [5, 5.41) is 2.80. The van der Waals surface area contributed by atoms with Crippen LogP contribution in [0.4, 0.5) is 5.69 Å². The van der Waals surface area contributed by atoms with E-state index >= 15 is 0 Å². The number of methoxy groups -OCH3 is 1. The van der Waals surface area contributed by atoms with Crippen LogP contribution in [0.3, 0.4) is 0 Å². The molecule has 0 saturated heterocycles. The number of allylic oxidation sites excluding steroid dienone is 2. The van der Waals surface area contributed by atoms with Crippen LogP contribution in [0.2, 0.25) is 0 Å². The average Bonchev–Trinajstić information content (AvgIpc) is 2.52. The predicted molar refractivity (Wildman–Crippen MR) is 97.3 cm³/mol. The Bertz CT molecular complexity index is 930. The van der Waals surface area contributed by atoms with Gasteiger partial charge in [-0.25, -0.2) is 9.00 Å². The molecule has 132 valence electrons. The van der Waals surface area contributed by atoms with Crippen LogP contribution in [-0.4, -0.2) is 41.4 Å². The number of rotatable bonds is 4. The third kappa shape index (κ3) is 4.64. The quantitative estimate of drug-likeness (QED) is 0.449. The van der Waals surface area contributed by atoms with Crippen LogP contribution in [-0.2, 0) is 28.8 Å². The molecule has 2 rings (SSSR count). The molecule has 0 heterocycles. The molecule has 7 nitrogen and oxygen atoms in total. The topological polar surface area (TPSA) is 102 Å². The summed E-state index contributed by atoms with van der Waals surface area (Å²) in [6.45, 7) is 0. The molecule has 0 bridgehead atoms. The molecule has 1 aliphatic carbocycles. The van der Waals surface area contributed by atoms with Gasteiger partial charge in [-0.05, 0) is 24.3 Å². The second kappa shape index (κ2) is 7.32. The first-order chi connectivity index (χ1) is 11.6. The van der Waals surface area contributed by atoms with Crippen LogP contribution in [0.1, 0.15) is 0 Å². The summed E-state index contributed by atoms with van der Waals surface area (Å²) in [6, 6.07) is 6.88. The number of halogens is 1. The third-order valence-electron chi connectivity index (χ3n) is 3.04. The van der Waals surface area contributed by atoms with E-state index < -0.39 is 38.5 Å². The maximum atomic E-state index is 12.6. The highest BCUT2D eigenvalue weighted by Crippen LogP contribution is 2.24. The largest absolute Gasteiger partial charge is 0.465 e. The van der Waals surface area contributed by atoms with E-state index in [2.05, 4.69) is 30.3 Å². The van der Waals surface area contributed by atoms with Crippen molar-refractivity contribution >= 4 is 48.9 Å². The molecule has 0 spiro atoms. The molecule has 0 aliphatic heterocycles. The van der Waals surface area contributed by atoms with Crippen molar-refractivity contribution in [2.24, 2.45) is 4.36 Å². The molecular formula is C16H15BrN2O5S. The summed E-state index contributed by atoms with van der Waals surface area (Å²) >= 11 is 3.29. The van der Waals surface area contributed by atoms with Gasteiger partial charge in [0.1, 0.15) is 11.3 Å². The molecule has 0 radical (unpaired) electrons. The maximum absolute atomic E-state index is 12.6. The molecule has 1 N–H and O–H groups in total. The minimum Gasteiger partial charge on any atom is -0.465 e. The number of anilines is 1. The van der Waals surface area contributed by atoms with E-state index in [0.717, 1.165) is 17.7 Å². The van der Waals surface area contributed by atoms with E-state index in [1.165, 1.54) is 12.5 Å². The molecule has 0 unspecified atom stereocenters. The van der Waals surface area contributed by atoms with Gasteiger partial charge >= 0.3 is 5.97 Å². The highest BCUT2D eigenvalue weighted by molar-refractivity contribution is 9.10. The van der Waals surface area contributed by atoms with Crippen molar-refractivity contribution in [3.63, 3.8) is 0 Å². The SMILES string of the molecule is COC(=O)C1=C(N=S(C)(C)=O)C(=O)C=C(Nc2ccc(Br)cc2)C1=O. The Balaban J connectivity index is 2.49. The third-order valence-corrected chi connectivity index (χ3v) is 4.19. The van der Waals surface area contributed by atoms with Crippen molar-refractivity contribution in [3.8, 4) is 0 Å². The Morgan fingerprint density at radius 2 is 1.80 bits per heavy atom. The number of esters is 1. The minimum atomic E-state index is -2.75. The number of carbonyl (C=O) groups is 3. The summed E-state index contributed by atoms with van der Waals surface area (Å²) in [5.41, 5.74) is -0.528. The minimum absolute atomic E-state index is 0.0922. The van der Waals surface area contributed by atoms with Gasteiger partial charge in [-0.15, -0.1) is 0 Å². The van der Waals surface area contributed by atoms with Crippen LogP contribution >= 0.6 is 15.9 Å². The Kier molecular flexibility index (Phi) is 5.58. The standard InChI is InChI=1S/C16H15BrN2O5S/c1-24-16(22)13-14(19-25(2,3)23)12(20)8-11(15(13)21)18-10-6-4-9(17)5-7-10/h4-8,18H,1-3H3. The van der Waals surface area contributed by atoms with Crippen molar-refractivity contribution in [2.75, 3.05) is 24.9 Å². The monoisotopic (exact) mass is 426 g/mol. The molecule has 0 saturated carbocycles. The normalized spacial score (nSPS) is 15.0. The summed E-state index contributed by atoms with van der Waals surface area (Å²) in [6.07, 6.45) is 3.62. The number of nitrogens with one attached hydrogen (secondary N) is 1. The molecule has 1 aliphatic rings. The summed E-state index contributed by atoms with van der Waals surface area (Å²) in [4.78, 5) is 37.0. The van der Waals surface area contributed by atoms with Crippen LogP contribution in [0.15, 0.2) is 56.1 Å². The van der Waals surface area contributed by atoms with Crippen LogP contribution in [0.25, 0.3) is 0 Å². The fraction of sp³-hybridized carbons (Fsp3) is 0.188. The van der Waals surface area contributed by atoms with Gasteiger partial charge in [0, 0.05) is 38.5 Å². The molecule has 9 heteroatoms. The molecule has 25 heavy (non-hydrogen) atoms. The molecule has 0 amide bonds. The fourth-order valence-corrected chi connectivity index (χ4v) is 2.90. The van der Waals surface area contributed by atoms with Crippen LogP contribution in [0.5, 0.6) is 0 Å². The van der Waals surface area contributed by atoms with Crippen molar-refractivity contribution in [1.29, 1.82) is 0 Å². The summed E-state index contributed by atoms with van der Waals surface area (Å²) < 4.78 is 21.1. The van der Waals surface area contributed by atoms with Crippen molar-refractivity contribution < 1.29 is 23.3 Å². The average molecular weight is 427 g/mol. The lowest BCUT2D eigenvalue weighted by Crippen LogP contribution is -2.28. The molecule has 1 aromatic rings. The molecule has 0 fully saturated rings. The van der Waals surface area contributed by atoms with E-state index in [1.54, 1.807) is 24.3 Å². The van der Waals surface area contributed by atoms with E-state index in [-0.39, 0.29) is 5.70 Å². The van der Waals surface area contributed by atoms with Gasteiger partial charge in [0.2, 0.25) is 11.6 Å². The number of carbonyl (C=O) groups excluding carboxylic acids is 3. The van der Waals surface area contributed by atoms with Crippen molar-refractivity contribution in [2.45, 2.75) is 0 Å². The van der Waals surface area contributed by atoms with Crippen molar-refractivity contribution in [3.05, 3.63) is 51.8 Å². The van der Waals surface area contributed by atoms with E-state index in [9.17, 15) is 18.6 Å². The first kappa shape index (κ1) is 19.1. The number of hydrogen-bond donors (Lipinski definition) is 1. The number of hydrogen-bond acceptors (Lipinski definition) is 7. The second-order valence-electron chi connectivity index (χ2n) is 5.37. The highest BCUT2D eigenvalue weighted by Gasteiger charge is 2.34. The zero-order valence-corrected chi connectivity index (χ0v) is 16.1. The number of nitrogens with zero attached hydrogens (tertiary/aromatic N) is 1. The number of Topliss-reactive ketones (excluding diaryl/α,β-unsaturated/α-hetero) is 1. The highest BCUT2D eigenvalue weighted by atomic mass is 79.9. The lowest BCUT2D eigenvalue weighted by Gasteiger charge is -2.17. The van der Waals surface area contributed by atoms with Gasteiger partial charge < -0.3 is 10.1 Å². The van der Waals surface area contributed by atoms with Gasteiger partial charge in [-0.1, -0.05) is 15.9 Å². The second-order valence-corrected chi connectivity index (χ2v) is 8.83. The van der Waals surface area contributed by atoms with Crippen molar-refractivity contribution in [1.82, 2.24) is 0 Å². The molecular weight excluding hydrogens is 412 g/mol. The number of benzene rings is 1. The van der Waals surface area contributed by atoms with Gasteiger partial charge in [0.05, 0.1) is 12.8 Å². The number of ketones is 2. The van der Waals surface area contributed by atoms with Crippen LogP contribution in [0, 0.1) is 0 Å². The van der Waals surface area contributed by atoms with E-state index in [1.807, 2.05) is 0 Å². The van der Waals surface area contributed by atoms with Crippen LogP contribution < -0.4 is 5.32 Å². The first-order valence-corrected chi connectivity index (χ1v) is 10.1. The molecule has 1 aromatic carbocycles. The predicted octanol–water partition coefficient (Wildman–Crippen LogP) is 2.05.